The molecule has 0 radical (unpaired) electrons. The van der Waals surface area contributed by atoms with Crippen molar-refractivity contribution in [3.63, 3.8) is 0 Å². The van der Waals surface area contributed by atoms with Gasteiger partial charge in [0, 0.05) is 0 Å². The van der Waals surface area contributed by atoms with Crippen molar-refractivity contribution in [2.24, 2.45) is 0 Å². The molecule has 0 saturated carbocycles. The molecule has 62 valence electrons. The van der Waals surface area contributed by atoms with Crippen LogP contribution in [-0.2, 0) is 9.47 Å². The van der Waals surface area contributed by atoms with Crippen LogP contribution in [0, 0.1) is 0 Å². The van der Waals surface area contributed by atoms with Crippen LogP contribution in [0.2, 0.25) is 4.59 Å². The summed E-state index contributed by atoms with van der Waals surface area (Å²) < 4.78 is 11.0. The first kappa shape index (κ1) is 11.5. The summed E-state index contributed by atoms with van der Waals surface area (Å²) in [5, 5.41) is 0. The fourth-order valence-corrected chi connectivity index (χ4v) is 0.795. The van der Waals surface area contributed by atoms with Crippen molar-refractivity contribution in [3.8, 4) is 0 Å². The molecule has 0 aliphatic carbocycles. The molecule has 2 nitrogen and oxygen atoms in total. The summed E-state index contributed by atoms with van der Waals surface area (Å²) in [5.74, 6) is 0. The molecule has 0 N–H and O–H groups in total. The first-order chi connectivity index (χ1) is 5.27. The van der Waals surface area contributed by atoms with E-state index >= 15 is 0 Å². The molecule has 0 aliphatic heterocycles. The first-order valence-electron chi connectivity index (χ1n) is 4.42. The van der Waals surface area contributed by atoms with E-state index in [1.54, 1.807) is 0 Å². The number of hydrogen-bond donors (Lipinski definition) is 0. The number of ether oxygens (including phenoxy) is 2. The van der Waals surface area contributed by atoms with E-state index < -0.39 is 0 Å². The maximum absolute atomic E-state index is 5.20. The molecular weight excluding hydrogens is 135 g/mol. The fourth-order valence-electron chi connectivity index (χ4n) is 0.795. The molecule has 0 heterocycles. The van der Waals surface area contributed by atoms with Gasteiger partial charge in [-0.25, -0.2) is 0 Å². The molecule has 1 unspecified atom stereocenters. The van der Waals surface area contributed by atoms with E-state index in [0.717, 1.165) is 24.2 Å². The van der Waals surface area contributed by atoms with Crippen LogP contribution in [0.5, 0.6) is 0 Å². The van der Waals surface area contributed by atoms with Crippen LogP contribution in [-0.4, -0.2) is 37.7 Å². The van der Waals surface area contributed by atoms with E-state index in [9.17, 15) is 0 Å². The van der Waals surface area contributed by atoms with Crippen molar-refractivity contribution in [1.29, 1.82) is 0 Å². The minimum absolute atomic E-state index is 0.453. The average molecular weight is 152 g/mol. The second-order valence-electron chi connectivity index (χ2n) is 3.05. The summed E-state index contributed by atoms with van der Waals surface area (Å²) in [4.78, 5) is 0. The summed E-state index contributed by atoms with van der Waals surface area (Å²) in [6, 6.07) is 0. The second kappa shape index (κ2) is 8.61. The van der Waals surface area contributed by atoms with Gasteiger partial charge >= 0.3 is 78.5 Å². The predicted octanol–water partition coefficient (Wildman–Crippen LogP) is 1.75. The van der Waals surface area contributed by atoms with Gasteiger partial charge in [0.25, 0.3) is 0 Å². The van der Waals surface area contributed by atoms with Gasteiger partial charge in [-0.1, -0.05) is 0 Å². The summed E-state index contributed by atoms with van der Waals surface area (Å²) in [5.41, 5.74) is 0. The molecular formula is C8H17LiO2. The molecule has 0 aliphatic rings. The Balaban J connectivity index is 2.80. The Morgan fingerprint density at radius 1 is 1.36 bits per heavy atom. The van der Waals surface area contributed by atoms with Gasteiger partial charge in [-0.15, -0.1) is 0 Å². The van der Waals surface area contributed by atoms with Crippen molar-refractivity contribution < 1.29 is 9.47 Å². The molecule has 0 aromatic carbocycles. The van der Waals surface area contributed by atoms with Crippen molar-refractivity contribution in [3.05, 3.63) is 0 Å². The monoisotopic (exact) mass is 152 g/mol. The van der Waals surface area contributed by atoms with Crippen LogP contribution in [0.25, 0.3) is 0 Å². The van der Waals surface area contributed by atoms with E-state index in [-0.39, 0.29) is 0 Å². The standard InChI is InChI=1S/C8H17O2.Li/c1-3-5-6-7-10-8-9-4-2;/h3H,4-8H2,1-2H3;. The van der Waals surface area contributed by atoms with Crippen molar-refractivity contribution in [1.82, 2.24) is 0 Å². The molecule has 1 atom stereocenters. The number of rotatable bonds is 7. The quantitative estimate of drug-likeness (QED) is 0.314. The second-order valence-corrected chi connectivity index (χ2v) is 3.05. The molecule has 0 fully saturated rings. The zero-order valence-corrected chi connectivity index (χ0v) is 7.93. The molecule has 3 heteroatoms. The fraction of sp³-hybridized carbons (Fsp3) is 1.00. The summed E-state index contributed by atoms with van der Waals surface area (Å²) in [6.45, 7) is 6.22. The van der Waals surface area contributed by atoms with Gasteiger partial charge < -0.3 is 0 Å². The zero-order valence-electron chi connectivity index (χ0n) is 7.93. The molecule has 0 aromatic rings. The van der Waals surface area contributed by atoms with Crippen molar-refractivity contribution >= 4 is 17.7 Å². The van der Waals surface area contributed by atoms with E-state index in [4.69, 9.17) is 9.47 Å². The summed E-state index contributed by atoms with van der Waals surface area (Å²) in [6.07, 6.45) is 2.39. The number of hydrogen-bond acceptors (Lipinski definition) is 2. The molecule has 0 rings (SSSR count). The minimum atomic E-state index is 0.453. The Morgan fingerprint density at radius 3 is 2.64 bits per heavy atom. The van der Waals surface area contributed by atoms with E-state index in [2.05, 4.69) is 24.6 Å². The van der Waals surface area contributed by atoms with Crippen LogP contribution in [0.4, 0.5) is 0 Å². The Morgan fingerprint density at radius 2 is 2.09 bits per heavy atom. The Hall–Kier alpha value is 0.517. The van der Waals surface area contributed by atoms with Gasteiger partial charge in [0.2, 0.25) is 0 Å². The first-order valence-corrected chi connectivity index (χ1v) is 4.42. The van der Waals surface area contributed by atoms with Crippen LogP contribution >= 0.6 is 0 Å². The van der Waals surface area contributed by atoms with Gasteiger partial charge in [-0.3, -0.25) is 0 Å². The van der Waals surface area contributed by atoms with E-state index in [0.29, 0.717) is 6.79 Å². The third kappa shape index (κ3) is 10.5. The predicted molar refractivity (Wildman–Crippen MR) is 46.9 cm³/mol. The molecule has 0 saturated heterocycles. The Labute approximate surface area is 78.8 Å². The molecule has 0 spiro atoms. The maximum atomic E-state index is 5.20. The van der Waals surface area contributed by atoms with Gasteiger partial charge in [0.15, 0.2) is 0 Å². The topological polar surface area (TPSA) is 18.5 Å². The van der Waals surface area contributed by atoms with Gasteiger partial charge in [0.1, 0.15) is 0 Å². The Kier molecular flexibility index (Phi) is 9.02. The van der Waals surface area contributed by atoms with Gasteiger partial charge in [-0.05, 0) is 0 Å². The van der Waals surface area contributed by atoms with Gasteiger partial charge in [0.05, 0.1) is 0 Å². The average Bonchev–Trinajstić information content (AvgIpc) is 1.96. The molecule has 11 heavy (non-hydrogen) atoms. The zero-order chi connectivity index (χ0) is 8.53. The van der Waals surface area contributed by atoms with Crippen LogP contribution in [0.15, 0.2) is 0 Å². The van der Waals surface area contributed by atoms with Crippen molar-refractivity contribution in [2.75, 3.05) is 20.0 Å². The van der Waals surface area contributed by atoms with Crippen LogP contribution in [0.3, 0.4) is 0 Å². The van der Waals surface area contributed by atoms with Gasteiger partial charge in [-0.2, -0.15) is 0 Å². The third-order valence-electron chi connectivity index (χ3n) is 1.44. The molecule has 0 bridgehead atoms. The molecule has 0 amide bonds. The summed E-state index contributed by atoms with van der Waals surface area (Å²) in [7, 11) is 0. The summed E-state index contributed by atoms with van der Waals surface area (Å²) >= 11 is 2.22. The molecule has 0 aromatic heterocycles. The van der Waals surface area contributed by atoms with E-state index in [1.165, 1.54) is 6.42 Å². The van der Waals surface area contributed by atoms with E-state index in [1.807, 2.05) is 6.92 Å². The Bertz CT molecular complexity index is 76.5. The SMILES string of the molecule is [Li][CH](C)CCCOCOCC. The normalized spacial score (nSPS) is 13.5. The van der Waals surface area contributed by atoms with Crippen molar-refractivity contribution in [2.45, 2.75) is 31.3 Å². The van der Waals surface area contributed by atoms with Crippen LogP contribution < -0.4 is 0 Å². The van der Waals surface area contributed by atoms with Crippen LogP contribution in [0.1, 0.15) is 26.7 Å². The third-order valence-corrected chi connectivity index (χ3v) is 1.44.